The van der Waals surface area contributed by atoms with Crippen LogP contribution in [0.25, 0.3) is 11.5 Å². The van der Waals surface area contributed by atoms with Crippen molar-refractivity contribution >= 4 is 17.8 Å². The average Bonchev–Trinajstić information content (AvgIpc) is 3.44. The number of amides is 2. The molecule has 1 N–H and O–H groups in total. The maximum atomic E-state index is 13.3. The zero-order valence-electron chi connectivity index (χ0n) is 21.0. The number of anilines is 1. The summed E-state index contributed by atoms with van der Waals surface area (Å²) in [4.78, 5) is 31.8. The lowest BCUT2D eigenvalue weighted by Crippen LogP contribution is -2.36. The predicted molar refractivity (Wildman–Crippen MR) is 133 cm³/mol. The topological polar surface area (TPSA) is 111 Å². The lowest BCUT2D eigenvalue weighted by atomic mass is 9.96. The molecule has 0 aliphatic carbocycles. The SMILES string of the molecule is CCOC(=O)N1CCc2cc(OC)c(C(=O)Nc3cccc(-c4nnc5n4C(C)(C)CC5)n3)cc2C1. The van der Waals surface area contributed by atoms with E-state index in [1.165, 1.54) is 0 Å². The van der Waals surface area contributed by atoms with E-state index in [2.05, 4.69) is 38.9 Å². The number of fused-ring (bicyclic) bond motifs is 2. The first kappa shape index (κ1) is 23.8. The molecule has 2 aliphatic rings. The Hall–Kier alpha value is -3.95. The highest BCUT2D eigenvalue weighted by Gasteiger charge is 2.34. The standard InChI is InChI=1S/C26H30N6O4/c1-5-36-25(34)31-12-10-16-14-20(35-4)18(13-17(16)15-31)24(33)28-21-8-6-7-19(27-21)23-30-29-22-9-11-26(2,3)32(22)23/h6-8,13-14H,5,9-12,15H2,1-4H3,(H,27,28,33). The zero-order chi connectivity index (χ0) is 25.4. The Morgan fingerprint density at radius 3 is 2.75 bits per heavy atom. The third-order valence-corrected chi connectivity index (χ3v) is 6.82. The fourth-order valence-electron chi connectivity index (χ4n) is 4.93. The maximum Gasteiger partial charge on any atom is 0.410 e. The van der Waals surface area contributed by atoms with Crippen molar-refractivity contribution in [1.82, 2.24) is 24.6 Å². The minimum Gasteiger partial charge on any atom is -0.496 e. The van der Waals surface area contributed by atoms with E-state index in [-0.39, 0.29) is 17.5 Å². The summed E-state index contributed by atoms with van der Waals surface area (Å²) in [6, 6.07) is 9.10. The first-order valence-corrected chi connectivity index (χ1v) is 12.2. The first-order valence-electron chi connectivity index (χ1n) is 12.2. The first-order chi connectivity index (χ1) is 17.3. The van der Waals surface area contributed by atoms with E-state index in [1.807, 2.05) is 18.2 Å². The second-order valence-electron chi connectivity index (χ2n) is 9.64. The van der Waals surface area contributed by atoms with Crippen LogP contribution < -0.4 is 10.1 Å². The maximum absolute atomic E-state index is 13.3. The lowest BCUT2D eigenvalue weighted by Gasteiger charge is -2.28. The molecule has 0 saturated heterocycles. The van der Waals surface area contributed by atoms with Gasteiger partial charge in [-0.2, -0.15) is 0 Å². The molecule has 0 radical (unpaired) electrons. The Labute approximate surface area is 209 Å². The van der Waals surface area contributed by atoms with Crippen LogP contribution in [0.1, 0.15) is 54.5 Å². The van der Waals surface area contributed by atoms with Crippen LogP contribution in [0.5, 0.6) is 5.75 Å². The molecule has 36 heavy (non-hydrogen) atoms. The Kier molecular flexibility index (Phi) is 6.11. The number of rotatable bonds is 5. The summed E-state index contributed by atoms with van der Waals surface area (Å²) in [7, 11) is 1.54. The third kappa shape index (κ3) is 4.27. The van der Waals surface area contributed by atoms with Gasteiger partial charge in [0, 0.05) is 25.0 Å². The van der Waals surface area contributed by atoms with Crippen molar-refractivity contribution in [2.24, 2.45) is 0 Å². The molecule has 0 atom stereocenters. The molecule has 4 heterocycles. The Balaban J connectivity index is 1.40. The van der Waals surface area contributed by atoms with Gasteiger partial charge in [0.25, 0.3) is 5.91 Å². The fraction of sp³-hybridized carbons (Fsp3) is 0.423. The van der Waals surface area contributed by atoms with Gasteiger partial charge in [0.05, 0.1) is 19.3 Å². The van der Waals surface area contributed by atoms with Gasteiger partial charge >= 0.3 is 6.09 Å². The quantitative estimate of drug-likeness (QED) is 0.579. The van der Waals surface area contributed by atoms with Gasteiger partial charge in [-0.15, -0.1) is 10.2 Å². The van der Waals surface area contributed by atoms with E-state index in [1.54, 1.807) is 31.1 Å². The molecule has 0 saturated carbocycles. The molecule has 0 fully saturated rings. The highest BCUT2D eigenvalue weighted by molar-refractivity contribution is 6.06. The molecule has 3 aromatic rings. The van der Waals surface area contributed by atoms with Crippen LogP contribution in [0.3, 0.4) is 0 Å². The molecule has 10 heteroatoms. The second kappa shape index (κ2) is 9.25. The smallest absolute Gasteiger partial charge is 0.410 e. The lowest BCUT2D eigenvalue weighted by molar-refractivity contribution is 0.102. The van der Waals surface area contributed by atoms with Crippen LogP contribution in [-0.2, 0) is 29.7 Å². The highest BCUT2D eigenvalue weighted by atomic mass is 16.6. The molecule has 2 aromatic heterocycles. The van der Waals surface area contributed by atoms with Crippen LogP contribution in [0.15, 0.2) is 30.3 Å². The summed E-state index contributed by atoms with van der Waals surface area (Å²) in [6.45, 7) is 7.35. The summed E-state index contributed by atoms with van der Waals surface area (Å²) >= 11 is 0. The molecular weight excluding hydrogens is 460 g/mol. The predicted octanol–water partition coefficient (Wildman–Crippen LogP) is 3.80. The molecule has 1 aromatic carbocycles. The van der Waals surface area contributed by atoms with Gasteiger partial charge in [-0.3, -0.25) is 4.79 Å². The second-order valence-corrected chi connectivity index (χ2v) is 9.64. The van der Waals surface area contributed by atoms with Gasteiger partial charge in [-0.25, -0.2) is 9.78 Å². The summed E-state index contributed by atoms with van der Waals surface area (Å²) < 4.78 is 12.8. The monoisotopic (exact) mass is 490 g/mol. The van der Waals surface area contributed by atoms with Gasteiger partial charge in [-0.1, -0.05) is 6.07 Å². The van der Waals surface area contributed by atoms with Gasteiger partial charge < -0.3 is 24.3 Å². The number of carbonyl (C=O) groups excluding carboxylic acids is 2. The number of methoxy groups -OCH3 is 1. The molecule has 0 spiro atoms. The van der Waals surface area contributed by atoms with E-state index in [0.717, 1.165) is 29.8 Å². The van der Waals surface area contributed by atoms with E-state index in [4.69, 9.17) is 9.47 Å². The highest BCUT2D eigenvalue weighted by Crippen LogP contribution is 2.35. The molecule has 2 aliphatic heterocycles. The number of benzene rings is 1. The molecule has 0 bridgehead atoms. The summed E-state index contributed by atoms with van der Waals surface area (Å²) in [5, 5.41) is 11.6. The molecule has 0 unspecified atom stereocenters. The molecule has 188 valence electrons. The van der Waals surface area contributed by atoms with Crippen molar-refractivity contribution in [2.45, 2.75) is 52.1 Å². The number of nitrogens with one attached hydrogen (secondary N) is 1. The van der Waals surface area contributed by atoms with Crippen LogP contribution in [0.4, 0.5) is 10.6 Å². The Morgan fingerprint density at radius 1 is 1.14 bits per heavy atom. The van der Waals surface area contributed by atoms with Gasteiger partial charge in [0.1, 0.15) is 23.1 Å². The minimum atomic E-state index is -0.353. The fourth-order valence-corrected chi connectivity index (χ4v) is 4.93. The van der Waals surface area contributed by atoms with Gasteiger partial charge in [0.15, 0.2) is 5.82 Å². The van der Waals surface area contributed by atoms with Crippen molar-refractivity contribution in [3.05, 3.63) is 52.8 Å². The van der Waals surface area contributed by atoms with Crippen molar-refractivity contribution in [3.8, 4) is 17.3 Å². The number of carbonyl (C=O) groups is 2. The number of hydrogen-bond acceptors (Lipinski definition) is 7. The number of aromatic nitrogens is 4. The minimum absolute atomic E-state index is 0.0942. The van der Waals surface area contributed by atoms with E-state index in [0.29, 0.717) is 54.8 Å². The largest absolute Gasteiger partial charge is 0.496 e. The van der Waals surface area contributed by atoms with Crippen LogP contribution in [-0.4, -0.2) is 56.9 Å². The molecule has 2 amide bonds. The van der Waals surface area contributed by atoms with Gasteiger partial charge in [-0.05, 0) is 69.0 Å². The van der Waals surface area contributed by atoms with Gasteiger partial charge in [0.2, 0.25) is 0 Å². The van der Waals surface area contributed by atoms with E-state index < -0.39 is 0 Å². The van der Waals surface area contributed by atoms with Crippen molar-refractivity contribution in [2.75, 3.05) is 25.6 Å². The summed E-state index contributed by atoms with van der Waals surface area (Å²) in [6.07, 6.45) is 2.18. The number of nitrogens with zero attached hydrogens (tertiary/aromatic N) is 5. The Morgan fingerprint density at radius 2 is 1.97 bits per heavy atom. The molecule has 10 nitrogen and oxygen atoms in total. The van der Waals surface area contributed by atoms with Crippen molar-refractivity contribution < 1.29 is 19.1 Å². The van der Waals surface area contributed by atoms with Crippen molar-refractivity contribution in [1.29, 1.82) is 0 Å². The molecular formula is C26H30N6O4. The number of pyridine rings is 1. The van der Waals surface area contributed by atoms with Crippen LogP contribution in [0, 0.1) is 0 Å². The van der Waals surface area contributed by atoms with E-state index >= 15 is 0 Å². The number of ether oxygens (including phenoxy) is 2. The normalized spacial score (nSPS) is 15.7. The zero-order valence-corrected chi connectivity index (χ0v) is 21.0. The van der Waals surface area contributed by atoms with Crippen LogP contribution in [0.2, 0.25) is 0 Å². The van der Waals surface area contributed by atoms with E-state index in [9.17, 15) is 9.59 Å². The Bertz CT molecular complexity index is 1330. The number of aryl methyl sites for hydroxylation is 1. The molecule has 5 rings (SSSR count). The summed E-state index contributed by atoms with van der Waals surface area (Å²) in [5.41, 5.74) is 2.86. The number of hydrogen-bond donors (Lipinski definition) is 1. The summed E-state index contributed by atoms with van der Waals surface area (Å²) in [5.74, 6) is 2.16. The average molecular weight is 491 g/mol. The van der Waals surface area contributed by atoms with Crippen molar-refractivity contribution in [3.63, 3.8) is 0 Å². The van der Waals surface area contributed by atoms with Crippen LogP contribution >= 0.6 is 0 Å². The third-order valence-electron chi connectivity index (χ3n) is 6.82.